The van der Waals surface area contributed by atoms with Crippen molar-refractivity contribution in [2.75, 3.05) is 46.0 Å². The van der Waals surface area contributed by atoms with Crippen molar-refractivity contribution in [1.82, 2.24) is 0 Å². The van der Waals surface area contributed by atoms with Crippen molar-refractivity contribution < 1.29 is 33.7 Å². The maximum Gasteiger partial charge on any atom is 0.150 e. The summed E-state index contributed by atoms with van der Waals surface area (Å²) >= 11 is 0. The topological polar surface area (TPSA) is 137 Å². The molecule has 0 bridgehead atoms. The van der Waals surface area contributed by atoms with E-state index in [2.05, 4.69) is 0 Å². The number of sulfone groups is 4. The zero-order valence-electron chi connectivity index (χ0n) is 16.2. The average molecular weight is 481 g/mol. The molecule has 4 heterocycles. The molecule has 0 N–H and O–H groups in total. The fourth-order valence-electron chi connectivity index (χ4n) is 2.98. The number of rotatable bonds is 0. The molecule has 0 atom stereocenters. The number of hydrogen-bond acceptors (Lipinski definition) is 8. The summed E-state index contributed by atoms with van der Waals surface area (Å²) in [5, 5.41) is 0. The highest BCUT2D eigenvalue weighted by molar-refractivity contribution is 7.92. The average Bonchev–Trinajstić information content (AvgIpc) is 3.33. The van der Waals surface area contributed by atoms with Gasteiger partial charge in [-0.3, -0.25) is 0 Å². The summed E-state index contributed by atoms with van der Waals surface area (Å²) in [4.78, 5) is 0. The van der Waals surface area contributed by atoms with Crippen LogP contribution >= 0.6 is 0 Å². The monoisotopic (exact) mass is 480 g/mol. The third kappa shape index (κ3) is 12.4. The van der Waals surface area contributed by atoms with Gasteiger partial charge in [-0.2, -0.15) is 0 Å². The fraction of sp³-hybridized carbons (Fsp3) is 1.00. The number of hydrogen-bond donors (Lipinski definition) is 0. The Morgan fingerprint density at radius 1 is 0.250 bits per heavy atom. The van der Waals surface area contributed by atoms with Gasteiger partial charge in [0.15, 0.2) is 0 Å². The smallest absolute Gasteiger partial charge is 0.150 e. The van der Waals surface area contributed by atoms with Crippen LogP contribution in [0.3, 0.4) is 0 Å². The van der Waals surface area contributed by atoms with Crippen LogP contribution in [0.25, 0.3) is 0 Å². The van der Waals surface area contributed by atoms with E-state index in [1.54, 1.807) is 0 Å². The lowest BCUT2D eigenvalue weighted by Gasteiger charge is -1.81. The highest BCUT2D eigenvalue weighted by Crippen LogP contribution is 2.10. The van der Waals surface area contributed by atoms with Crippen molar-refractivity contribution >= 4 is 39.3 Å². The van der Waals surface area contributed by atoms with E-state index in [1.165, 1.54) is 0 Å². The van der Waals surface area contributed by atoms with Gasteiger partial charge in [0.05, 0.1) is 46.0 Å². The first-order chi connectivity index (χ1) is 12.8. The van der Waals surface area contributed by atoms with Gasteiger partial charge in [-0.15, -0.1) is 0 Å². The third-order valence-corrected chi connectivity index (χ3v) is 11.9. The highest BCUT2D eigenvalue weighted by Gasteiger charge is 2.17. The molecule has 0 aromatic carbocycles. The summed E-state index contributed by atoms with van der Waals surface area (Å²) < 4.78 is 83.4. The van der Waals surface area contributed by atoms with Crippen LogP contribution in [0, 0.1) is 0 Å². The molecule has 0 aromatic heterocycles. The van der Waals surface area contributed by atoms with Crippen LogP contribution in [0.4, 0.5) is 0 Å². The minimum atomic E-state index is -2.55. The van der Waals surface area contributed by atoms with Crippen molar-refractivity contribution in [2.24, 2.45) is 0 Å². The van der Waals surface area contributed by atoms with Gasteiger partial charge < -0.3 is 0 Å². The molecule has 4 rings (SSSR count). The molecule has 28 heavy (non-hydrogen) atoms. The lowest BCUT2D eigenvalue weighted by molar-refractivity contribution is 0.600. The molecule has 0 unspecified atom stereocenters. The molecular weight excluding hydrogens is 448 g/mol. The lowest BCUT2D eigenvalue weighted by atomic mass is 10.4. The molecule has 4 fully saturated rings. The standard InChI is InChI=1S/4C4H8O2S/c4*5-7(6)3-1-2-4-7/h4*1-4H2. The predicted octanol–water partition coefficient (Wildman–Crippen LogP) is 0.780. The van der Waals surface area contributed by atoms with Crippen LogP contribution in [0.15, 0.2) is 0 Å². The Morgan fingerprint density at radius 3 is 0.393 bits per heavy atom. The minimum absolute atomic E-state index is 0.424. The van der Waals surface area contributed by atoms with Crippen molar-refractivity contribution in [3.8, 4) is 0 Å². The molecule has 0 spiro atoms. The summed E-state index contributed by atoms with van der Waals surface area (Å²) in [5.74, 6) is 3.39. The zero-order chi connectivity index (χ0) is 21.3. The second kappa shape index (κ2) is 11.3. The molecule has 0 aliphatic carbocycles. The largest absolute Gasteiger partial charge is 0.229 e. The Kier molecular flexibility index (Phi) is 10.4. The van der Waals surface area contributed by atoms with Gasteiger partial charge >= 0.3 is 0 Å². The third-order valence-electron chi connectivity index (χ3n) is 4.64. The van der Waals surface area contributed by atoms with Crippen LogP contribution in [0.2, 0.25) is 0 Å². The molecular formula is C16H32O8S4. The highest BCUT2D eigenvalue weighted by atomic mass is 32.2. The van der Waals surface area contributed by atoms with Gasteiger partial charge in [-0.25, -0.2) is 33.7 Å². The van der Waals surface area contributed by atoms with Crippen LogP contribution in [0.5, 0.6) is 0 Å². The van der Waals surface area contributed by atoms with Crippen molar-refractivity contribution in [3.63, 3.8) is 0 Å². The Morgan fingerprint density at radius 2 is 0.357 bits per heavy atom. The molecule has 168 valence electrons. The molecule has 12 heteroatoms. The molecule has 4 saturated heterocycles. The molecule has 4 aliphatic rings. The van der Waals surface area contributed by atoms with E-state index in [0.29, 0.717) is 46.0 Å². The van der Waals surface area contributed by atoms with E-state index < -0.39 is 39.3 Å². The Hall–Kier alpha value is -0.200. The van der Waals surface area contributed by atoms with Gasteiger partial charge in [0.1, 0.15) is 39.3 Å². The molecule has 0 radical (unpaired) electrons. The van der Waals surface area contributed by atoms with Crippen molar-refractivity contribution in [2.45, 2.75) is 51.4 Å². The summed E-state index contributed by atoms with van der Waals surface area (Å²) in [6.45, 7) is 0. The predicted molar refractivity (Wildman–Crippen MR) is 112 cm³/mol. The van der Waals surface area contributed by atoms with Crippen LogP contribution < -0.4 is 0 Å². The van der Waals surface area contributed by atoms with Crippen molar-refractivity contribution in [1.29, 1.82) is 0 Å². The van der Waals surface area contributed by atoms with E-state index in [1.807, 2.05) is 0 Å². The van der Waals surface area contributed by atoms with E-state index in [9.17, 15) is 33.7 Å². The quantitative estimate of drug-likeness (QED) is 0.496. The maximum atomic E-state index is 10.4. The summed E-state index contributed by atoms with van der Waals surface area (Å²) in [6, 6.07) is 0. The molecule has 4 aliphatic heterocycles. The van der Waals surface area contributed by atoms with Gasteiger partial charge in [0.2, 0.25) is 0 Å². The lowest BCUT2D eigenvalue weighted by Crippen LogP contribution is -1.98. The second-order valence-electron chi connectivity index (χ2n) is 7.44. The fourth-order valence-corrected chi connectivity index (χ4v) is 8.95. The zero-order valence-corrected chi connectivity index (χ0v) is 19.5. The van der Waals surface area contributed by atoms with E-state index >= 15 is 0 Å². The van der Waals surface area contributed by atoms with Gasteiger partial charge in [-0.1, -0.05) is 0 Å². The van der Waals surface area contributed by atoms with Gasteiger partial charge in [-0.05, 0) is 51.4 Å². The molecule has 0 saturated carbocycles. The van der Waals surface area contributed by atoms with Gasteiger partial charge in [0, 0.05) is 0 Å². The van der Waals surface area contributed by atoms with Gasteiger partial charge in [0.25, 0.3) is 0 Å². The van der Waals surface area contributed by atoms with E-state index in [4.69, 9.17) is 0 Å². The van der Waals surface area contributed by atoms with E-state index in [-0.39, 0.29) is 0 Å². The first kappa shape index (κ1) is 25.8. The summed E-state index contributed by atoms with van der Waals surface area (Å²) in [5.41, 5.74) is 0. The van der Waals surface area contributed by atoms with Crippen LogP contribution in [-0.4, -0.2) is 79.7 Å². The second-order valence-corrected chi connectivity index (χ2v) is 16.7. The van der Waals surface area contributed by atoms with E-state index in [0.717, 1.165) is 51.4 Å². The van der Waals surface area contributed by atoms with Crippen LogP contribution in [0.1, 0.15) is 51.4 Å². The SMILES string of the molecule is O=S1(=O)CCCC1.O=S1(=O)CCCC1.O=S1(=O)CCCC1.O=S1(=O)CCCC1. The van der Waals surface area contributed by atoms with Crippen molar-refractivity contribution in [3.05, 3.63) is 0 Å². The Bertz CT molecular complexity index is 684. The molecule has 0 aromatic rings. The Labute approximate surface area is 170 Å². The van der Waals surface area contributed by atoms with Crippen LogP contribution in [-0.2, 0) is 39.3 Å². The summed E-state index contributed by atoms with van der Waals surface area (Å²) in [7, 11) is -10.2. The first-order valence-corrected chi connectivity index (χ1v) is 16.9. The minimum Gasteiger partial charge on any atom is -0.229 e. The normalized spacial score (nSPS) is 28.0. The Balaban J connectivity index is 0.000000187. The maximum absolute atomic E-state index is 10.4. The first-order valence-electron chi connectivity index (χ1n) is 9.64. The molecule has 0 amide bonds. The summed E-state index contributed by atoms with van der Waals surface area (Å²) in [6.07, 6.45) is 7.02. The molecule has 8 nitrogen and oxygen atoms in total.